The number of fused-ring (bicyclic) bond motifs is 1. The maximum absolute atomic E-state index is 12.9. The van der Waals surface area contributed by atoms with Crippen molar-refractivity contribution in [2.75, 3.05) is 12.4 Å². The molecule has 8 nitrogen and oxygen atoms in total. The summed E-state index contributed by atoms with van der Waals surface area (Å²) in [6.45, 7) is 3.37. The minimum Gasteiger partial charge on any atom is -0.494 e. The normalized spacial score (nSPS) is 12.4. The number of amides is 2. The van der Waals surface area contributed by atoms with Crippen molar-refractivity contribution < 1.29 is 14.7 Å². The van der Waals surface area contributed by atoms with Crippen LogP contribution in [0.25, 0.3) is 11.0 Å². The van der Waals surface area contributed by atoms with Gasteiger partial charge in [-0.1, -0.05) is 12.1 Å². The van der Waals surface area contributed by atoms with Crippen LogP contribution in [0.2, 0.25) is 0 Å². The fourth-order valence-corrected chi connectivity index (χ4v) is 2.74. The molecule has 2 heterocycles. The van der Waals surface area contributed by atoms with Crippen LogP contribution in [0.15, 0.2) is 65.2 Å². The Bertz CT molecular complexity index is 1140. The number of urea groups is 1. The number of nitrogens with zero attached hydrogens (tertiary/aromatic N) is 2. The zero-order chi connectivity index (χ0) is 21.0. The molecule has 3 rings (SSSR count). The molecule has 4 N–H and O–H groups in total. The van der Waals surface area contributed by atoms with E-state index in [-0.39, 0.29) is 11.7 Å². The Morgan fingerprint density at radius 2 is 1.97 bits per heavy atom. The van der Waals surface area contributed by atoms with Gasteiger partial charge < -0.3 is 15.4 Å². The third-order valence-corrected chi connectivity index (χ3v) is 4.54. The number of benzene rings is 1. The van der Waals surface area contributed by atoms with Crippen molar-refractivity contribution in [3.8, 4) is 0 Å². The van der Waals surface area contributed by atoms with Gasteiger partial charge in [-0.3, -0.25) is 15.1 Å². The Balaban J connectivity index is 1.78. The van der Waals surface area contributed by atoms with Crippen LogP contribution >= 0.6 is 0 Å². The molecule has 0 bridgehead atoms. The number of hydrogen-bond acceptors (Lipinski definition) is 5. The summed E-state index contributed by atoms with van der Waals surface area (Å²) in [5.41, 5.74) is 3.02. The second kappa shape index (κ2) is 8.39. The van der Waals surface area contributed by atoms with Gasteiger partial charge in [0.2, 0.25) is 0 Å². The first-order chi connectivity index (χ1) is 13.9. The zero-order valence-corrected chi connectivity index (χ0v) is 16.3. The quantitative estimate of drug-likeness (QED) is 0.300. The lowest BCUT2D eigenvalue weighted by Crippen LogP contribution is -2.29. The summed E-state index contributed by atoms with van der Waals surface area (Å²) in [6.07, 6.45) is 3.27. The SMILES string of the molecule is C/N=C(C)\C(C)=C(/O)NC(=O)Nc1cccc(C(=O)c2c[nH]c3ncccc23)c1. The monoisotopic (exact) mass is 391 g/mol. The topological polar surface area (TPSA) is 119 Å². The highest BCUT2D eigenvalue weighted by molar-refractivity contribution is 6.16. The highest BCUT2D eigenvalue weighted by Gasteiger charge is 2.15. The molecule has 2 amide bonds. The maximum Gasteiger partial charge on any atom is 0.326 e. The number of aliphatic imine (C=N–C) groups is 1. The Hall–Kier alpha value is -3.94. The number of rotatable bonds is 5. The van der Waals surface area contributed by atoms with Crippen LogP contribution in [0.3, 0.4) is 0 Å². The van der Waals surface area contributed by atoms with E-state index >= 15 is 0 Å². The summed E-state index contributed by atoms with van der Waals surface area (Å²) in [5, 5.41) is 15.7. The van der Waals surface area contributed by atoms with Crippen LogP contribution in [0, 0.1) is 0 Å². The summed E-state index contributed by atoms with van der Waals surface area (Å²) >= 11 is 0. The molecular formula is C21H21N5O3. The number of carbonyl (C=O) groups is 2. The smallest absolute Gasteiger partial charge is 0.326 e. The van der Waals surface area contributed by atoms with E-state index in [1.54, 1.807) is 63.6 Å². The van der Waals surface area contributed by atoms with Gasteiger partial charge in [-0.2, -0.15) is 0 Å². The fourth-order valence-electron chi connectivity index (χ4n) is 2.74. The predicted octanol–water partition coefficient (Wildman–Crippen LogP) is 3.80. The van der Waals surface area contributed by atoms with E-state index in [9.17, 15) is 14.7 Å². The third-order valence-electron chi connectivity index (χ3n) is 4.54. The summed E-state index contributed by atoms with van der Waals surface area (Å²) in [6, 6.07) is 9.52. The van der Waals surface area contributed by atoms with Gasteiger partial charge in [0.25, 0.3) is 0 Å². The number of pyridine rings is 1. The molecule has 1 aromatic carbocycles. The molecule has 148 valence electrons. The van der Waals surface area contributed by atoms with Crippen LogP contribution in [0.4, 0.5) is 10.5 Å². The van der Waals surface area contributed by atoms with Gasteiger partial charge in [0.1, 0.15) is 5.65 Å². The van der Waals surface area contributed by atoms with Crippen molar-refractivity contribution in [3.05, 3.63) is 71.4 Å². The number of nitrogens with one attached hydrogen (secondary N) is 3. The Morgan fingerprint density at radius 1 is 1.17 bits per heavy atom. The molecule has 0 aliphatic heterocycles. The van der Waals surface area contributed by atoms with Gasteiger partial charge in [-0.05, 0) is 38.1 Å². The lowest BCUT2D eigenvalue weighted by atomic mass is 10.0. The summed E-state index contributed by atoms with van der Waals surface area (Å²) in [5.74, 6) is -0.481. The van der Waals surface area contributed by atoms with Crippen LogP contribution in [-0.2, 0) is 0 Å². The number of H-pyrrole nitrogens is 1. The molecule has 0 fully saturated rings. The number of allylic oxidation sites excluding steroid dienone is 1. The van der Waals surface area contributed by atoms with E-state index in [4.69, 9.17) is 0 Å². The second-order valence-electron chi connectivity index (χ2n) is 6.37. The number of aliphatic hydroxyl groups is 1. The fraction of sp³-hybridized carbons (Fsp3) is 0.143. The van der Waals surface area contributed by atoms with Crippen LogP contribution < -0.4 is 10.6 Å². The largest absolute Gasteiger partial charge is 0.494 e. The summed E-state index contributed by atoms with van der Waals surface area (Å²) in [4.78, 5) is 36.2. The zero-order valence-electron chi connectivity index (χ0n) is 16.3. The van der Waals surface area contributed by atoms with Crippen LogP contribution in [0.5, 0.6) is 0 Å². The first-order valence-electron chi connectivity index (χ1n) is 8.89. The van der Waals surface area contributed by atoms with Gasteiger partial charge >= 0.3 is 6.03 Å². The van der Waals surface area contributed by atoms with E-state index in [2.05, 4.69) is 25.6 Å². The van der Waals surface area contributed by atoms with Crippen LogP contribution in [0.1, 0.15) is 29.8 Å². The van der Waals surface area contributed by atoms with Crippen molar-refractivity contribution >= 4 is 34.2 Å². The van der Waals surface area contributed by atoms with E-state index in [0.29, 0.717) is 33.7 Å². The maximum atomic E-state index is 12.9. The highest BCUT2D eigenvalue weighted by atomic mass is 16.3. The van der Waals surface area contributed by atoms with Crippen molar-refractivity contribution in [2.24, 2.45) is 4.99 Å². The van der Waals surface area contributed by atoms with Crippen molar-refractivity contribution in [2.45, 2.75) is 13.8 Å². The molecule has 29 heavy (non-hydrogen) atoms. The number of hydrogen-bond donors (Lipinski definition) is 4. The van der Waals surface area contributed by atoms with E-state index in [1.807, 2.05) is 6.07 Å². The van der Waals surface area contributed by atoms with Crippen molar-refractivity contribution in [3.63, 3.8) is 0 Å². The molecule has 0 unspecified atom stereocenters. The first-order valence-corrected chi connectivity index (χ1v) is 8.89. The van der Waals surface area contributed by atoms with Gasteiger partial charge in [0.15, 0.2) is 11.7 Å². The van der Waals surface area contributed by atoms with Gasteiger partial charge in [-0.25, -0.2) is 9.78 Å². The van der Waals surface area contributed by atoms with E-state index in [0.717, 1.165) is 5.39 Å². The third kappa shape index (κ3) is 4.32. The molecule has 2 aromatic heterocycles. The minimum atomic E-state index is -0.633. The molecular weight excluding hydrogens is 370 g/mol. The molecule has 0 spiro atoms. The second-order valence-corrected chi connectivity index (χ2v) is 6.37. The number of anilines is 1. The molecule has 0 radical (unpaired) electrons. The summed E-state index contributed by atoms with van der Waals surface area (Å²) < 4.78 is 0. The van der Waals surface area contributed by atoms with Gasteiger partial charge in [0.05, 0.1) is 0 Å². The predicted molar refractivity (Wildman–Crippen MR) is 112 cm³/mol. The Kier molecular flexibility index (Phi) is 5.73. The summed E-state index contributed by atoms with van der Waals surface area (Å²) in [7, 11) is 1.60. The standard InChI is InChI=1S/C21H21N5O3/c1-12(13(2)22-3)20(28)26-21(29)25-15-7-4-6-14(10-15)18(27)17-11-24-19-16(17)8-5-9-23-19/h4-11,28H,1-3H3,(H,23,24)(H2,25,26,29)/b20-12-,22-13-. The number of aromatic nitrogens is 2. The number of aliphatic hydroxyl groups excluding tert-OH is 1. The molecule has 3 aromatic rings. The molecule has 0 aliphatic carbocycles. The van der Waals surface area contributed by atoms with Gasteiger partial charge in [-0.15, -0.1) is 0 Å². The minimum absolute atomic E-state index is 0.193. The van der Waals surface area contributed by atoms with Gasteiger partial charge in [0, 0.05) is 52.9 Å². The average molecular weight is 391 g/mol. The van der Waals surface area contributed by atoms with Crippen molar-refractivity contribution in [1.29, 1.82) is 0 Å². The van der Waals surface area contributed by atoms with E-state index in [1.165, 1.54) is 0 Å². The number of carbonyl (C=O) groups excluding carboxylic acids is 2. The van der Waals surface area contributed by atoms with Crippen LogP contribution in [-0.4, -0.2) is 39.6 Å². The highest BCUT2D eigenvalue weighted by Crippen LogP contribution is 2.21. The Morgan fingerprint density at radius 3 is 2.72 bits per heavy atom. The average Bonchev–Trinajstić information content (AvgIpc) is 3.16. The molecule has 0 saturated heterocycles. The number of ketones is 1. The lowest BCUT2D eigenvalue weighted by Gasteiger charge is -2.10. The Labute approximate surface area is 167 Å². The molecule has 0 saturated carbocycles. The first kappa shape index (κ1) is 19.8. The lowest BCUT2D eigenvalue weighted by molar-refractivity contribution is 0.104. The number of aromatic amines is 1. The van der Waals surface area contributed by atoms with E-state index < -0.39 is 6.03 Å². The molecule has 8 heteroatoms. The molecule has 0 aliphatic rings. The molecule has 0 atom stereocenters. The van der Waals surface area contributed by atoms with Crippen molar-refractivity contribution in [1.82, 2.24) is 15.3 Å².